The molecule has 0 aliphatic rings. The Bertz CT molecular complexity index is 899. The first-order valence-corrected chi connectivity index (χ1v) is 6.77. The van der Waals surface area contributed by atoms with Crippen LogP contribution in [0, 0.1) is 11.3 Å². The van der Waals surface area contributed by atoms with Gasteiger partial charge in [-0.05, 0) is 19.1 Å². The van der Waals surface area contributed by atoms with Crippen LogP contribution < -0.4 is 5.56 Å². The summed E-state index contributed by atoms with van der Waals surface area (Å²) in [6.07, 6.45) is 3.49. The van der Waals surface area contributed by atoms with Crippen molar-refractivity contribution in [3.63, 3.8) is 0 Å². The van der Waals surface area contributed by atoms with Crippen molar-refractivity contribution in [2.75, 3.05) is 0 Å². The lowest BCUT2D eigenvalue weighted by Crippen LogP contribution is -2.21. The van der Waals surface area contributed by atoms with Crippen LogP contribution >= 0.6 is 0 Å². The molecule has 0 amide bonds. The lowest BCUT2D eigenvalue weighted by Gasteiger charge is -2.07. The average Bonchev–Trinajstić information content (AvgIpc) is 2.98. The Hall–Kier alpha value is -2.87. The van der Waals surface area contributed by atoms with E-state index in [9.17, 15) is 10.1 Å². The van der Waals surface area contributed by atoms with Crippen molar-refractivity contribution in [2.24, 2.45) is 0 Å². The molecule has 5 heteroatoms. The van der Waals surface area contributed by atoms with Gasteiger partial charge in [0.05, 0.1) is 17.8 Å². The van der Waals surface area contributed by atoms with Crippen LogP contribution in [0.1, 0.15) is 18.2 Å². The molecule has 0 bridgehead atoms. The molecule has 0 saturated heterocycles. The first-order valence-electron chi connectivity index (χ1n) is 6.77. The number of aryl methyl sites for hydroxylation is 1. The highest BCUT2D eigenvalue weighted by Crippen LogP contribution is 2.14. The second kappa shape index (κ2) is 5.25. The Morgan fingerprint density at radius 1 is 1.24 bits per heavy atom. The predicted octanol–water partition coefficient (Wildman–Crippen LogP) is 2.14. The highest BCUT2D eigenvalue weighted by atomic mass is 16.1. The Morgan fingerprint density at radius 3 is 2.67 bits per heavy atom. The lowest BCUT2D eigenvalue weighted by atomic mass is 10.1. The monoisotopic (exact) mass is 278 g/mol. The van der Waals surface area contributed by atoms with Crippen LogP contribution in [0.2, 0.25) is 0 Å². The number of rotatable bonds is 3. The van der Waals surface area contributed by atoms with E-state index in [2.05, 4.69) is 11.2 Å². The minimum atomic E-state index is -0.101. The van der Waals surface area contributed by atoms with Crippen molar-refractivity contribution in [1.29, 1.82) is 5.26 Å². The Labute approximate surface area is 121 Å². The van der Waals surface area contributed by atoms with E-state index in [4.69, 9.17) is 0 Å². The first kappa shape index (κ1) is 13.1. The van der Waals surface area contributed by atoms with Gasteiger partial charge in [-0.15, -0.1) is 0 Å². The summed E-state index contributed by atoms with van der Waals surface area (Å²) in [6.45, 7) is 3.16. The van der Waals surface area contributed by atoms with Crippen LogP contribution in [-0.2, 0) is 13.1 Å². The first-order chi connectivity index (χ1) is 10.2. The van der Waals surface area contributed by atoms with Gasteiger partial charge in [-0.2, -0.15) is 10.4 Å². The SMILES string of the molecule is CCn1ccc(Cn2cc(C#N)c3ccccc3c2=O)n1. The molecule has 3 aromatic rings. The molecular weight excluding hydrogens is 264 g/mol. The average molecular weight is 278 g/mol. The van der Waals surface area contributed by atoms with Gasteiger partial charge >= 0.3 is 0 Å². The molecule has 5 nitrogen and oxygen atoms in total. The fourth-order valence-corrected chi connectivity index (χ4v) is 2.39. The molecule has 1 aromatic carbocycles. The molecule has 0 atom stereocenters. The fourth-order valence-electron chi connectivity index (χ4n) is 2.39. The van der Waals surface area contributed by atoms with E-state index in [1.54, 1.807) is 29.0 Å². The summed E-state index contributed by atoms with van der Waals surface area (Å²) in [4.78, 5) is 12.5. The van der Waals surface area contributed by atoms with E-state index in [0.717, 1.165) is 12.2 Å². The standard InChI is InChI=1S/C16H14N4O/c1-2-20-8-7-13(18-20)11-19-10-12(9-17)14-5-3-4-6-15(14)16(19)21/h3-8,10H,2,11H2,1H3. The molecular formula is C16H14N4O. The van der Waals surface area contributed by atoms with Crippen molar-refractivity contribution >= 4 is 10.8 Å². The molecule has 0 unspecified atom stereocenters. The number of hydrogen-bond acceptors (Lipinski definition) is 3. The molecule has 3 rings (SSSR count). The van der Waals surface area contributed by atoms with Crippen molar-refractivity contribution in [2.45, 2.75) is 20.0 Å². The summed E-state index contributed by atoms with van der Waals surface area (Å²) in [7, 11) is 0. The summed E-state index contributed by atoms with van der Waals surface area (Å²) in [5.41, 5.74) is 1.20. The molecule has 0 radical (unpaired) electrons. The highest BCUT2D eigenvalue weighted by molar-refractivity contribution is 5.86. The van der Waals surface area contributed by atoms with Gasteiger partial charge in [0.25, 0.3) is 5.56 Å². The van der Waals surface area contributed by atoms with Crippen molar-refractivity contribution in [3.8, 4) is 6.07 Å². The van der Waals surface area contributed by atoms with E-state index in [1.165, 1.54) is 0 Å². The van der Waals surface area contributed by atoms with Gasteiger partial charge in [0, 0.05) is 29.7 Å². The Morgan fingerprint density at radius 2 is 2.00 bits per heavy atom. The summed E-state index contributed by atoms with van der Waals surface area (Å²) in [5, 5.41) is 14.9. The zero-order valence-corrected chi connectivity index (χ0v) is 11.7. The van der Waals surface area contributed by atoms with Gasteiger partial charge in [-0.25, -0.2) is 0 Å². The highest BCUT2D eigenvalue weighted by Gasteiger charge is 2.09. The topological polar surface area (TPSA) is 63.6 Å². The lowest BCUT2D eigenvalue weighted by molar-refractivity contribution is 0.632. The molecule has 0 aliphatic heterocycles. The maximum absolute atomic E-state index is 12.5. The van der Waals surface area contributed by atoms with E-state index in [-0.39, 0.29) is 5.56 Å². The van der Waals surface area contributed by atoms with Crippen LogP contribution in [0.5, 0.6) is 0 Å². The number of aromatic nitrogens is 3. The molecule has 2 heterocycles. The van der Waals surface area contributed by atoms with E-state index in [1.807, 2.05) is 29.9 Å². The summed E-state index contributed by atoms with van der Waals surface area (Å²) in [5.74, 6) is 0. The molecule has 0 saturated carbocycles. The number of nitrogens with zero attached hydrogens (tertiary/aromatic N) is 4. The van der Waals surface area contributed by atoms with Crippen LogP contribution in [0.3, 0.4) is 0 Å². The number of nitriles is 1. The van der Waals surface area contributed by atoms with Crippen LogP contribution in [0.25, 0.3) is 10.8 Å². The smallest absolute Gasteiger partial charge is 0.258 e. The largest absolute Gasteiger partial charge is 0.308 e. The summed E-state index contributed by atoms with van der Waals surface area (Å²) in [6, 6.07) is 11.2. The molecule has 21 heavy (non-hydrogen) atoms. The second-order valence-corrected chi connectivity index (χ2v) is 4.80. The van der Waals surface area contributed by atoms with Crippen molar-refractivity contribution < 1.29 is 0 Å². The Kier molecular flexibility index (Phi) is 3.28. The van der Waals surface area contributed by atoms with Gasteiger partial charge in [0.1, 0.15) is 6.07 Å². The van der Waals surface area contributed by atoms with Crippen molar-refractivity contribution in [1.82, 2.24) is 14.3 Å². The maximum Gasteiger partial charge on any atom is 0.258 e. The molecule has 0 aliphatic carbocycles. The minimum Gasteiger partial charge on any atom is -0.308 e. The van der Waals surface area contributed by atoms with Gasteiger partial charge < -0.3 is 4.57 Å². The zero-order chi connectivity index (χ0) is 14.8. The molecule has 0 spiro atoms. The fraction of sp³-hybridized carbons (Fsp3) is 0.188. The third-order valence-electron chi connectivity index (χ3n) is 3.47. The third-order valence-corrected chi connectivity index (χ3v) is 3.47. The third kappa shape index (κ3) is 2.32. The number of pyridine rings is 1. The van der Waals surface area contributed by atoms with Gasteiger partial charge in [0.2, 0.25) is 0 Å². The van der Waals surface area contributed by atoms with E-state index >= 15 is 0 Å². The van der Waals surface area contributed by atoms with Crippen LogP contribution in [0.15, 0.2) is 47.5 Å². The van der Waals surface area contributed by atoms with Gasteiger partial charge in [-0.3, -0.25) is 9.48 Å². The number of benzene rings is 1. The van der Waals surface area contributed by atoms with Crippen LogP contribution in [-0.4, -0.2) is 14.3 Å². The van der Waals surface area contributed by atoms with Crippen LogP contribution in [0.4, 0.5) is 0 Å². The summed E-state index contributed by atoms with van der Waals surface area (Å²) < 4.78 is 3.36. The normalized spacial score (nSPS) is 10.7. The number of fused-ring (bicyclic) bond motifs is 1. The quantitative estimate of drug-likeness (QED) is 0.737. The second-order valence-electron chi connectivity index (χ2n) is 4.80. The van der Waals surface area contributed by atoms with Crippen molar-refractivity contribution in [3.05, 3.63) is 64.3 Å². The Balaban J connectivity index is 2.13. The van der Waals surface area contributed by atoms with E-state index < -0.39 is 0 Å². The minimum absolute atomic E-state index is 0.101. The zero-order valence-electron chi connectivity index (χ0n) is 11.7. The van der Waals surface area contributed by atoms with Gasteiger partial charge in [0.15, 0.2) is 0 Å². The maximum atomic E-state index is 12.5. The van der Waals surface area contributed by atoms with Gasteiger partial charge in [-0.1, -0.05) is 18.2 Å². The number of hydrogen-bond donors (Lipinski definition) is 0. The molecule has 104 valence electrons. The summed E-state index contributed by atoms with van der Waals surface area (Å²) >= 11 is 0. The molecule has 0 fully saturated rings. The molecule has 0 N–H and O–H groups in total. The van der Waals surface area contributed by atoms with E-state index in [0.29, 0.717) is 22.9 Å². The molecule has 2 aromatic heterocycles. The predicted molar refractivity (Wildman–Crippen MR) is 79.9 cm³/mol.